The zero-order chi connectivity index (χ0) is 14.9. The van der Waals surface area contributed by atoms with Crippen LogP contribution in [0.5, 0.6) is 5.75 Å². The zero-order valence-corrected chi connectivity index (χ0v) is 12.8. The van der Waals surface area contributed by atoms with Crippen molar-refractivity contribution in [2.45, 2.75) is 37.8 Å². The van der Waals surface area contributed by atoms with Crippen molar-refractivity contribution >= 4 is 0 Å². The Kier molecular flexibility index (Phi) is 3.68. The second-order valence-electron chi connectivity index (χ2n) is 6.26. The van der Waals surface area contributed by atoms with Crippen LogP contribution < -0.4 is 10.1 Å². The van der Waals surface area contributed by atoms with E-state index in [0.717, 1.165) is 12.2 Å². The molecule has 1 N–H and O–H groups in total. The third kappa shape index (κ3) is 2.79. The first-order chi connectivity index (χ1) is 10.1. The third-order valence-electron chi connectivity index (χ3n) is 4.52. The molecular weight excluding hydrogens is 260 g/mol. The van der Waals surface area contributed by atoms with E-state index in [2.05, 4.69) is 48.4 Å². The van der Waals surface area contributed by atoms with Crippen LogP contribution in [0, 0.1) is 0 Å². The summed E-state index contributed by atoms with van der Waals surface area (Å²) < 4.78 is 5.24. The fourth-order valence-corrected chi connectivity index (χ4v) is 3.34. The molecule has 1 aliphatic rings. The Balaban J connectivity index is 1.84. The van der Waals surface area contributed by atoms with Gasteiger partial charge in [-0.2, -0.15) is 0 Å². The van der Waals surface area contributed by atoms with Crippen LogP contribution in [-0.2, 0) is 0 Å². The van der Waals surface area contributed by atoms with Gasteiger partial charge in [0.05, 0.1) is 7.11 Å². The Bertz CT molecular complexity index is 592. The minimum absolute atomic E-state index is 0.0753. The largest absolute Gasteiger partial charge is 0.497 e. The Morgan fingerprint density at radius 2 is 1.71 bits per heavy atom. The van der Waals surface area contributed by atoms with E-state index in [1.165, 1.54) is 11.1 Å². The number of benzene rings is 1. The number of nitrogens with zero attached hydrogens (tertiary/aromatic N) is 1. The molecule has 3 nitrogen and oxygen atoms in total. The summed E-state index contributed by atoms with van der Waals surface area (Å²) >= 11 is 0. The van der Waals surface area contributed by atoms with E-state index < -0.39 is 0 Å². The average molecular weight is 282 g/mol. The summed E-state index contributed by atoms with van der Waals surface area (Å²) in [5.74, 6) is 1.40. The Labute approximate surface area is 126 Å². The number of nitrogens with one attached hydrogen (secondary N) is 1. The highest BCUT2D eigenvalue weighted by atomic mass is 16.5. The molecule has 0 amide bonds. The van der Waals surface area contributed by atoms with E-state index in [0.29, 0.717) is 12.0 Å². The molecule has 21 heavy (non-hydrogen) atoms. The molecule has 2 atom stereocenters. The van der Waals surface area contributed by atoms with Crippen LogP contribution in [0.3, 0.4) is 0 Å². The van der Waals surface area contributed by atoms with Crippen LogP contribution in [0.4, 0.5) is 0 Å². The lowest BCUT2D eigenvalue weighted by Crippen LogP contribution is -2.37. The predicted molar refractivity (Wildman–Crippen MR) is 84.5 cm³/mol. The number of aromatic nitrogens is 1. The summed E-state index contributed by atoms with van der Waals surface area (Å²) in [5.41, 5.74) is 2.75. The van der Waals surface area contributed by atoms with Crippen molar-refractivity contribution in [1.29, 1.82) is 0 Å². The lowest BCUT2D eigenvalue weighted by atomic mass is 9.83. The van der Waals surface area contributed by atoms with Gasteiger partial charge >= 0.3 is 0 Å². The molecule has 1 aromatic carbocycles. The molecular formula is C18H22N2O. The van der Waals surface area contributed by atoms with Crippen LogP contribution in [-0.4, -0.2) is 17.6 Å². The summed E-state index contributed by atoms with van der Waals surface area (Å²) in [4.78, 5) is 4.13. The van der Waals surface area contributed by atoms with Gasteiger partial charge in [0.25, 0.3) is 0 Å². The predicted octanol–water partition coefficient (Wildman–Crippen LogP) is 3.69. The minimum Gasteiger partial charge on any atom is -0.497 e. The molecule has 0 bridgehead atoms. The molecule has 3 heteroatoms. The molecule has 1 aliphatic heterocycles. The lowest BCUT2D eigenvalue weighted by molar-refractivity contribution is 0.397. The highest BCUT2D eigenvalue weighted by molar-refractivity contribution is 5.32. The molecule has 110 valence electrons. The van der Waals surface area contributed by atoms with E-state index in [1.54, 1.807) is 7.11 Å². The number of hydrogen-bond donors (Lipinski definition) is 1. The van der Waals surface area contributed by atoms with Crippen molar-refractivity contribution in [2.75, 3.05) is 7.11 Å². The normalized spacial score (nSPS) is 24.0. The number of methoxy groups -OCH3 is 1. The van der Waals surface area contributed by atoms with Crippen molar-refractivity contribution in [2.24, 2.45) is 0 Å². The molecule has 0 saturated carbocycles. The Morgan fingerprint density at radius 3 is 2.33 bits per heavy atom. The topological polar surface area (TPSA) is 34.1 Å². The van der Waals surface area contributed by atoms with Gasteiger partial charge < -0.3 is 10.1 Å². The van der Waals surface area contributed by atoms with Gasteiger partial charge in [-0.3, -0.25) is 4.98 Å². The van der Waals surface area contributed by atoms with Gasteiger partial charge in [-0.05, 0) is 55.7 Å². The van der Waals surface area contributed by atoms with Crippen LogP contribution in [0.25, 0.3) is 0 Å². The van der Waals surface area contributed by atoms with E-state index in [-0.39, 0.29) is 5.54 Å². The highest BCUT2D eigenvalue weighted by Gasteiger charge is 2.40. The summed E-state index contributed by atoms with van der Waals surface area (Å²) in [5, 5.41) is 3.77. The molecule has 1 aromatic heterocycles. The van der Waals surface area contributed by atoms with Crippen molar-refractivity contribution in [3.63, 3.8) is 0 Å². The van der Waals surface area contributed by atoms with E-state index in [9.17, 15) is 0 Å². The van der Waals surface area contributed by atoms with E-state index >= 15 is 0 Å². The maximum absolute atomic E-state index is 5.24. The van der Waals surface area contributed by atoms with Gasteiger partial charge in [0.2, 0.25) is 0 Å². The fraction of sp³-hybridized carbons (Fsp3) is 0.389. The first kappa shape index (κ1) is 14.1. The van der Waals surface area contributed by atoms with E-state index in [1.807, 2.05) is 24.5 Å². The van der Waals surface area contributed by atoms with Gasteiger partial charge in [0.1, 0.15) is 5.75 Å². The standard InChI is InChI=1S/C18H22N2O/c1-18(2)16(13-8-10-19-11-9-13)12-17(20-18)14-4-6-15(21-3)7-5-14/h4-11,16-17,20H,12H2,1-3H3/t16-,17-/m0/s1. The van der Waals surface area contributed by atoms with Gasteiger partial charge in [-0.1, -0.05) is 12.1 Å². The number of pyridine rings is 1. The summed E-state index contributed by atoms with van der Waals surface area (Å²) in [6, 6.07) is 13.0. The number of ether oxygens (including phenoxy) is 1. The maximum Gasteiger partial charge on any atom is 0.118 e. The van der Waals surface area contributed by atoms with Gasteiger partial charge in [-0.15, -0.1) is 0 Å². The second-order valence-corrected chi connectivity index (χ2v) is 6.26. The molecule has 1 fully saturated rings. The summed E-state index contributed by atoms with van der Waals surface area (Å²) in [6.07, 6.45) is 4.86. The van der Waals surface area contributed by atoms with Crippen molar-refractivity contribution < 1.29 is 4.74 Å². The third-order valence-corrected chi connectivity index (χ3v) is 4.52. The lowest BCUT2D eigenvalue weighted by Gasteiger charge is -2.27. The molecule has 1 saturated heterocycles. The maximum atomic E-state index is 5.24. The molecule has 2 heterocycles. The van der Waals surface area contributed by atoms with Crippen LogP contribution in [0.2, 0.25) is 0 Å². The number of hydrogen-bond acceptors (Lipinski definition) is 3. The van der Waals surface area contributed by atoms with Gasteiger partial charge in [0.15, 0.2) is 0 Å². The number of rotatable bonds is 3. The van der Waals surface area contributed by atoms with Gasteiger partial charge in [-0.25, -0.2) is 0 Å². The van der Waals surface area contributed by atoms with Crippen LogP contribution in [0.1, 0.15) is 43.4 Å². The second kappa shape index (κ2) is 5.49. The molecule has 0 radical (unpaired) electrons. The summed E-state index contributed by atoms with van der Waals surface area (Å²) in [6.45, 7) is 4.56. The fourth-order valence-electron chi connectivity index (χ4n) is 3.34. The SMILES string of the molecule is COc1ccc([C@@H]2C[C@@H](c3ccncc3)C(C)(C)N2)cc1. The molecule has 2 aromatic rings. The quantitative estimate of drug-likeness (QED) is 0.932. The van der Waals surface area contributed by atoms with Crippen molar-refractivity contribution in [3.05, 3.63) is 59.9 Å². The average Bonchev–Trinajstić information content (AvgIpc) is 2.84. The van der Waals surface area contributed by atoms with Gasteiger partial charge in [0, 0.05) is 29.9 Å². The first-order valence-corrected chi connectivity index (χ1v) is 7.42. The molecule has 3 rings (SSSR count). The highest BCUT2D eigenvalue weighted by Crippen LogP contribution is 2.43. The van der Waals surface area contributed by atoms with Crippen molar-refractivity contribution in [1.82, 2.24) is 10.3 Å². The first-order valence-electron chi connectivity index (χ1n) is 7.42. The minimum atomic E-state index is 0.0753. The summed E-state index contributed by atoms with van der Waals surface area (Å²) in [7, 11) is 1.70. The smallest absolute Gasteiger partial charge is 0.118 e. The van der Waals surface area contributed by atoms with Crippen LogP contribution in [0.15, 0.2) is 48.8 Å². The molecule has 0 unspecified atom stereocenters. The van der Waals surface area contributed by atoms with E-state index in [4.69, 9.17) is 4.74 Å². The van der Waals surface area contributed by atoms with Crippen molar-refractivity contribution in [3.8, 4) is 5.75 Å². The van der Waals surface area contributed by atoms with Crippen LogP contribution >= 0.6 is 0 Å². The Morgan fingerprint density at radius 1 is 1.05 bits per heavy atom. The zero-order valence-electron chi connectivity index (χ0n) is 12.8. The Hall–Kier alpha value is -1.87. The molecule has 0 spiro atoms. The molecule has 0 aliphatic carbocycles. The monoisotopic (exact) mass is 282 g/mol.